The summed E-state index contributed by atoms with van der Waals surface area (Å²) in [5, 5.41) is 0. The fourth-order valence-electron chi connectivity index (χ4n) is 2.99. The predicted molar refractivity (Wildman–Crippen MR) is 73.8 cm³/mol. The van der Waals surface area contributed by atoms with Crippen molar-refractivity contribution in [1.82, 2.24) is 0 Å². The number of nitrogens with two attached hydrogens (primary N) is 1. The average Bonchev–Trinajstić information content (AvgIpc) is 2.43. The van der Waals surface area contributed by atoms with Gasteiger partial charge in [0.2, 0.25) is 0 Å². The van der Waals surface area contributed by atoms with Crippen molar-refractivity contribution in [2.45, 2.75) is 57.9 Å². The molecule has 1 fully saturated rings. The van der Waals surface area contributed by atoms with Gasteiger partial charge in [-0.1, -0.05) is 44.2 Å². The molecule has 1 nitrogen and oxygen atoms in total. The Bertz CT molecular complexity index is 425. The molecule has 2 rings (SSSR count). The summed E-state index contributed by atoms with van der Waals surface area (Å²) in [6, 6.07) is 2.84. The first-order valence-electron chi connectivity index (χ1n) is 7.29. The van der Waals surface area contributed by atoms with Crippen molar-refractivity contribution in [1.29, 1.82) is 0 Å². The van der Waals surface area contributed by atoms with Crippen LogP contribution in [0.25, 0.3) is 0 Å². The molecule has 0 amide bonds. The van der Waals surface area contributed by atoms with Crippen LogP contribution >= 0.6 is 0 Å². The summed E-state index contributed by atoms with van der Waals surface area (Å²) in [4.78, 5) is 0. The Balaban J connectivity index is 1.95. The van der Waals surface area contributed by atoms with Crippen LogP contribution in [0.15, 0.2) is 12.1 Å². The monoisotopic (exact) mass is 267 g/mol. The van der Waals surface area contributed by atoms with Crippen LogP contribution in [0.1, 0.15) is 62.1 Å². The molecular formula is C16H23F2N. The summed E-state index contributed by atoms with van der Waals surface area (Å²) in [6.07, 6.45) is 8.22. The fourth-order valence-corrected chi connectivity index (χ4v) is 2.99. The van der Waals surface area contributed by atoms with Gasteiger partial charge in [0.25, 0.3) is 0 Å². The van der Waals surface area contributed by atoms with E-state index in [0.717, 1.165) is 18.8 Å². The molecule has 106 valence electrons. The van der Waals surface area contributed by atoms with Crippen molar-refractivity contribution in [2.75, 3.05) is 0 Å². The molecule has 0 spiro atoms. The Kier molecular flexibility index (Phi) is 4.92. The first-order valence-corrected chi connectivity index (χ1v) is 7.29. The zero-order valence-electron chi connectivity index (χ0n) is 11.6. The van der Waals surface area contributed by atoms with Gasteiger partial charge in [0, 0.05) is 11.6 Å². The van der Waals surface area contributed by atoms with E-state index in [1.165, 1.54) is 32.1 Å². The molecule has 1 aliphatic rings. The van der Waals surface area contributed by atoms with Crippen LogP contribution in [-0.2, 0) is 0 Å². The molecule has 1 aromatic carbocycles. The van der Waals surface area contributed by atoms with Crippen molar-refractivity contribution in [3.63, 3.8) is 0 Å². The molecule has 2 N–H and O–H groups in total. The maximum atomic E-state index is 13.8. The van der Waals surface area contributed by atoms with E-state index in [-0.39, 0.29) is 0 Å². The fraction of sp³-hybridized carbons (Fsp3) is 0.625. The molecule has 1 unspecified atom stereocenters. The van der Waals surface area contributed by atoms with E-state index < -0.39 is 17.7 Å². The van der Waals surface area contributed by atoms with Crippen LogP contribution in [0.3, 0.4) is 0 Å². The van der Waals surface area contributed by atoms with Gasteiger partial charge in [0.15, 0.2) is 11.6 Å². The standard InChI is InChI=1S/C16H23F2N/c1-11-7-9-13(16(18)15(11)17)14(19)10-8-12-5-3-2-4-6-12/h7,9,12,14H,2-6,8,10,19H2,1H3. The third kappa shape index (κ3) is 3.53. The van der Waals surface area contributed by atoms with E-state index in [4.69, 9.17) is 5.73 Å². The molecule has 1 saturated carbocycles. The molecule has 1 aliphatic carbocycles. The summed E-state index contributed by atoms with van der Waals surface area (Å²) in [6.45, 7) is 1.57. The molecule has 19 heavy (non-hydrogen) atoms. The SMILES string of the molecule is Cc1ccc(C(N)CCC2CCCCC2)c(F)c1F. The van der Waals surface area contributed by atoms with Crippen molar-refractivity contribution in [3.05, 3.63) is 34.9 Å². The number of hydrogen-bond acceptors (Lipinski definition) is 1. The van der Waals surface area contributed by atoms with Gasteiger partial charge in [-0.3, -0.25) is 0 Å². The lowest BCUT2D eigenvalue weighted by molar-refractivity contribution is 0.322. The van der Waals surface area contributed by atoms with Crippen LogP contribution in [0.4, 0.5) is 8.78 Å². The number of aryl methyl sites for hydroxylation is 1. The largest absolute Gasteiger partial charge is 0.324 e. The third-order valence-corrected chi connectivity index (χ3v) is 4.32. The zero-order valence-corrected chi connectivity index (χ0v) is 11.6. The second kappa shape index (κ2) is 6.47. The third-order valence-electron chi connectivity index (χ3n) is 4.32. The van der Waals surface area contributed by atoms with Crippen LogP contribution in [0.2, 0.25) is 0 Å². The van der Waals surface area contributed by atoms with E-state index in [2.05, 4.69) is 0 Å². The lowest BCUT2D eigenvalue weighted by Crippen LogP contribution is -2.16. The second-order valence-corrected chi connectivity index (χ2v) is 5.79. The highest BCUT2D eigenvalue weighted by Crippen LogP contribution is 2.30. The molecule has 0 aromatic heterocycles. The Morgan fingerprint density at radius 1 is 1.16 bits per heavy atom. The maximum absolute atomic E-state index is 13.8. The van der Waals surface area contributed by atoms with E-state index in [1.807, 2.05) is 0 Å². The summed E-state index contributed by atoms with van der Waals surface area (Å²) < 4.78 is 27.3. The maximum Gasteiger partial charge on any atom is 0.163 e. The highest BCUT2D eigenvalue weighted by molar-refractivity contribution is 5.27. The average molecular weight is 267 g/mol. The van der Waals surface area contributed by atoms with Crippen LogP contribution < -0.4 is 5.73 Å². The summed E-state index contributed by atoms with van der Waals surface area (Å²) in [7, 11) is 0. The minimum atomic E-state index is -0.767. The Morgan fingerprint density at radius 2 is 1.84 bits per heavy atom. The first-order chi connectivity index (χ1) is 9.09. The normalized spacial score (nSPS) is 18.5. The molecule has 1 atom stereocenters. The molecule has 0 saturated heterocycles. The molecule has 0 heterocycles. The van der Waals surface area contributed by atoms with Crippen molar-refractivity contribution in [2.24, 2.45) is 11.7 Å². The molecule has 0 bridgehead atoms. The van der Waals surface area contributed by atoms with Gasteiger partial charge >= 0.3 is 0 Å². The van der Waals surface area contributed by atoms with E-state index in [9.17, 15) is 8.78 Å². The van der Waals surface area contributed by atoms with Crippen molar-refractivity contribution >= 4 is 0 Å². The quantitative estimate of drug-likeness (QED) is 0.845. The highest BCUT2D eigenvalue weighted by Gasteiger charge is 2.19. The van der Waals surface area contributed by atoms with Gasteiger partial charge in [-0.2, -0.15) is 0 Å². The zero-order chi connectivity index (χ0) is 13.8. The number of hydrogen-bond donors (Lipinski definition) is 1. The molecule has 3 heteroatoms. The lowest BCUT2D eigenvalue weighted by atomic mass is 9.84. The topological polar surface area (TPSA) is 26.0 Å². The Morgan fingerprint density at radius 3 is 2.53 bits per heavy atom. The number of benzene rings is 1. The first kappa shape index (κ1) is 14.4. The summed E-state index contributed by atoms with van der Waals surface area (Å²) >= 11 is 0. The number of rotatable bonds is 4. The predicted octanol–water partition coefficient (Wildman–Crippen LogP) is 4.63. The molecule has 0 radical (unpaired) electrons. The molecule has 1 aromatic rings. The van der Waals surface area contributed by atoms with E-state index in [1.54, 1.807) is 19.1 Å². The van der Waals surface area contributed by atoms with Crippen molar-refractivity contribution in [3.8, 4) is 0 Å². The lowest BCUT2D eigenvalue weighted by Gasteiger charge is -2.23. The van der Waals surface area contributed by atoms with Gasteiger partial charge in [-0.25, -0.2) is 8.78 Å². The van der Waals surface area contributed by atoms with E-state index in [0.29, 0.717) is 11.1 Å². The second-order valence-electron chi connectivity index (χ2n) is 5.79. The van der Waals surface area contributed by atoms with Gasteiger partial charge < -0.3 is 5.73 Å². The summed E-state index contributed by atoms with van der Waals surface area (Å²) in [5.41, 5.74) is 6.68. The van der Waals surface area contributed by atoms with Gasteiger partial charge in [0.05, 0.1) is 0 Å². The van der Waals surface area contributed by atoms with Gasteiger partial charge in [-0.15, -0.1) is 0 Å². The van der Waals surface area contributed by atoms with Gasteiger partial charge in [-0.05, 0) is 31.2 Å². The van der Waals surface area contributed by atoms with Crippen LogP contribution in [-0.4, -0.2) is 0 Å². The minimum absolute atomic E-state index is 0.318. The minimum Gasteiger partial charge on any atom is -0.324 e. The smallest absolute Gasteiger partial charge is 0.163 e. The Hall–Kier alpha value is -0.960. The Labute approximate surface area is 114 Å². The van der Waals surface area contributed by atoms with Gasteiger partial charge in [0.1, 0.15) is 0 Å². The van der Waals surface area contributed by atoms with Crippen LogP contribution in [0.5, 0.6) is 0 Å². The highest BCUT2D eigenvalue weighted by atomic mass is 19.2. The summed E-state index contributed by atoms with van der Waals surface area (Å²) in [5.74, 6) is -0.806. The molecular weight excluding hydrogens is 244 g/mol. The number of halogens is 2. The van der Waals surface area contributed by atoms with Crippen LogP contribution in [0, 0.1) is 24.5 Å². The van der Waals surface area contributed by atoms with Crippen molar-refractivity contribution < 1.29 is 8.78 Å². The van der Waals surface area contributed by atoms with E-state index >= 15 is 0 Å². The molecule has 0 aliphatic heterocycles.